The van der Waals surface area contributed by atoms with Crippen LogP contribution in [0.15, 0.2) is 62.5 Å². The molecular formula is C20H15ClN2O6S. The Kier molecular flexibility index (Phi) is 4.59. The highest BCUT2D eigenvalue weighted by Gasteiger charge is 2.37. The number of hydrogen-bond donors (Lipinski definition) is 2. The fourth-order valence-electron chi connectivity index (χ4n) is 3.32. The minimum absolute atomic E-state index is 0.00583. The van der Waals surface area contributed by atoms with Gasteiger partial charge < -0.3 is 14.8 Å². The van der Waals surface area contributed by atoms with Crippen molar-refractivity contribution in [2.45, 2.75) is 11.8 Å². The standard InChI is InChI=1S/C20H15ClN2O6S/c1-10-7-11(21)8-13-17(24)14(9-29-19(10)13)22-20(26)16-18(25)12-5-3-4-6-15(12)30(27,28)23(16)2/h3-9,25H,1-2H3,(H,22,26). The van der Waals surface area contributed by atoms with E-state index >= 15 is 0 Å². The van der Waals surface area contributed by atoms with Gasteiger partial charge >= 0.3 is 0 Å². The molecule has 30 heavy (non-hydrogen) atoms. The molecule has 8 nitrogen and oxygen atoms in total. The third-order valence-corrected chi connectivity index (χ3v) is 6.84. The summed E-state index contributed by atoms with van der Waals surface area (Å²) in [6.07, 6.45) is 1.06. The van der Waals surface area contributed by atoms with Gasteiger partial charge in [0.25, 0.3) is 15.9 Å². The number of hydrogen-bond acceptors (Lipinski definition) is 6. The largest absolute Gasteiger partial charge is 0.505 e. The number of sulfonamides is 1. The van der Waals surface area contributed by atoms with Crippen molar-refractivity contribution in [3.05, 3.63) is 74.7 Å². The Morgan fingerprint density at radius 2 is 1.93 bits per heavy atom. The lowest BCUT2D eigenvalue weighted by atomic mass is 10.1. The van der Waals surface area contributed by atoms with Gasteiger partial charge in [-0.15, -0.1) is 0 Å². The summed E-state index contributed by atoms with van der Waals surface area (Å²) in [6, 6.07) is 8.81. The molecule has 1 aliphatic heterocycles. The Morgan fingerprint density at radius 1 is 1.23 bits per heavy atom. The minimum Gasteiger partial charge on any atom is -0.505 e. The Bertz CT molecular complexity index is 1420. The van der Waals surface area contributed by atoms with Gasteiger partial charge in [0.15, 0.2) is 11.5 Å². The number of amides is 1. The van der Waals surface area contributed by atoms with Crippen LogP contribution in [0, 0.1) is 6.92 Å². The number of carbonyl (C=O) groups is 1. The Hall–Kier alpha value is -3.30. The van der Waals surface area contributed by atoms with Gasteiger partial charge in [-0.3, -0.25) is 13.9 Å². The van der Waals surface area contributed by atoms with Crippen LogP contribution in [0.5, 0.6) is 0 Å². The maximum Gasteiger partial charge on any atom is 0.277 e. The van der Waals surface area contributed by atoms with E-state index in [1.165, 1.54) is 30.3 Å². The van der Waals surface area contributed by atoms with Gasteiger partial charge in [-0.1, -0.05) is 23.7 Å². The van der Waals surface area contributed by atoms with E-state index in [1.54, 1.807) is 13.0 Å². The fourth-order valence-corrected chi connectivity index (χ4v) is 4.99. The molecule has 0 atom stereocenters. The summed E-state index contributed by atoms with van der Waals surface area (Å²) in [5.74, 6) is -1.51. The first-order valence-electron chi connectivity index (χ1n) is 8.67. The van der Waals surface area contributed by atoms with Crippen LogP contribution in [0.4, 0.5) is 5.69 Å². The van der Waals surface area contributed by atoms with Crippen LogP contribution in [0.3, 0.4) is 0 Å². The third kappa shape index (κ3) is 2.94. The number of nitrogens with zero attached hydrogens (tertiary/aromatic N) is 1. The second-order valence-electron chi connectivity index (χ2n) is 6.70. The molecule has 4 rings (SSSR count). The number of nitrogens with one attached hydrogen (secondary N) is 1. The Labute approximate surface area is 176 Å². The first-order chi connectivity index (χ1) is 14.1. The van der Waals surface area contributed by atoms with Gasteiger partial charge in [-0.25, -0.2) is 8.42 Å². The minimum atomic E-state index is -4.06. The number of likely N-dealkylation sites (N-methyl/N-ethyl adjacent to an activating group) is 1. The molecule has 1 amide bonds. The van der Waals surface area contributed by atoms with E-state index in [0.29, 0.717) is 20.5 Å². The number of rotatable bonds is 2. The van der Waals surface area contributed by atoms with Crippen molar-refractivity contribution in [1.82, 2.24) is 4.31 Å². The lowest BCUT2D eigenvalue weighted by Gasteiger charge is -2.28. The Balaban J connectivity index is 1.81. The SMILES string of the molecule is Cc1cc(Cl)cc2c(=O)c(NC(=O)C3=C(O)c4ccccc4S(=O)(=O)N3C)coc12. The molecule has 154 valence electrons. The number of halogens is 1. The van der Waals surface area contributed by atoms with Crippen molar-refractivity contribution in [2.24, 2.45) is 0 Å². The number of carbonyl (C=O) groups excluding carboxylic acids is 1. The van der Waals surface area contributed by atoms with Crippen molar-refractivity contribution in [3.63, 3.8) is 0 Å². The van der Waals surface area contributed by atoms with Crippen LogP contribution in [0.2, 0.25) is 5.02 Å². The van der Waals surface area contributed by atoms with Crippen molar-refractivity contribution < 1.29 is 22.7 Å². The molecule has 0 spiro atoms. The molecule has 2 N–H and O–H groups in total. The van der Waals surface area contributed by atoms with E-state index in [-0.39, 0.29) is 21.5 Å². The summed E-state index contributed by atoms with van der Waals surface area (Å²) >= 11 is 6.01. The molecule has 0 saturated heterocycles. The second-order valence-corrected chi connectivity index (χ2v) is 9.07. The second kappa shape index (κ2) is 6.89. The predicted octanol–water partition coefficient (Wildman–Crippen LogP) is 3.25. The fraction of sp³-hybridized carbons (Fsp3) is 0.100. The third-order valence-electron chi connectivity index (χ3n) is 4.81. The smallest absolute Gasteiger partial charge is 0.277 e. The zero-order valence-corrected chi connectivity index (χ0v) is 17.3. The lowest BCUT2D eigenvalue weighted by molar-refractivity contribution is -0.113. The average molecular weight is 447 g/mol. The van der Waals surface area contributed by atoms with Gasteiger partial charge in [0, 0.05) is 17.6 Å². The van der Waals surface area contributed by atoms with Gasteiger partial charge in [0.05, 0.1) is 10.3 Å². The molecule has 2 heterocycles. The maximum absolute atomic E-state index is 12.9. The topological polar surface area (TPSA) is 117 Å². The summed E-state index contributed by atoms with van der Waals surface area (Å²) in [7, 11) is -2.92. The average Bonchev–Trinajstić information content (AvgIpc) is 2.69. The van der Waals surface area contributed by atoms with Gasteiger partial charge in [-0.2, -0.15) is 0 Å². The van der Waals surface area contributed by atoms with Crippen LogP contribution in [-0.4, -0.2) is 30.8 Å². The molecule has 3 aromatic rings. The summed E-state index contributed by atoms with van der Waals surface area (Å²) in [5, 5.41) is 13.4. The van der Waals surface area contributed by atoms with E-state index in [0.717, 1.165) is 13.3 Å². The first kappa shape index (κ1) is 20.0. The summed E-state index contributed by atoms with van der Waals surface area (Å²) in [4.78, 5) is 25.5. The number of aryl methyl sites for hydroxylation is 1. The quantitative estimate of drug-likeness (QED) is 0.624. The number of aliphatic hydroxyl groups is 1. The molecular weight excluding hydrogens is 432 g/mol. The van der Waals surface area contributed by atoms with Gasteiger partial charge in [-0.05, 0) is 36.8 Å². The molecule has 10 heteroatoms. The summed E-state index contributed by atoms with van der Waals surface area (Å²) < 4.78 is 31.6. The highest BCUT2D eigenvalue weighted by atomic mass is 35.5. The monoisotopic (exact) mass is 446 g/mol. The molecule has 0 saturated carbocycles. The van der Waals surface area contributed by atoms with Crippen LogP contribution < -0.4 is 10.7 Å². The molecule has 2 aromatic carbocycles. The number of benzene rings is 2. The lowest BCUT2D eigenvalue weighted by Crippen LogP contribution is -2.37. The maximum atomic E-state index is 12.9. The highest BCUT2D eigenvalue weighted by molar-refractivity contribution is 7.89. The van der Waals surface area contributed by atoms with E-state index in [9.17, 15) is 23.1 Å². The van der Waals surface area contributed by atoms with E-state index in [1.807, 2.05) is 0 Å². The molecule has 0 aliphatic carbocycles. The molecule has 0 bridgehead atoms. The molecule has 0 fully saturated rings. The van der Waals surface area contributed by atoms with Crippen LogP contribution in [-0.2, 0) is 14.8 Å². The number of anilines is 1. The van der Waals surface area contributed by atoms with E-state index in [4.69, 9.17) is 16.0 Å². The highest BCUT2D eigenvalue weighted by Crippen LogP contribution is 2.34. The van der Waals surface area contributed by atoms with Crippen molar-refractivity contribution in [3.8, 4) is 0 Å². The van der Waals surface area contributed by atoms with Gasteiger partial charge in [0.1, 0.15) is 17.5 Å². The van der Waals surface area contributed by atoms with Crippen molar-refractivity contribution >= 4 is 49.9 Å². The van der Waals surface area contributed by atoms with Crippen LogP contribution in [0.25, 0.3) is 16.7 Å². The zero-order valence-electron chi connectivity index (χ0n) is 15.8. The normalized spacial score (nSPS) is 15.2. The predicted molar refractivity (Wildman–Crippen MR) is 112 cm³/mol. The van der Waals surface area contributed by atoms with E-state index < -0.39 is 32.8 Å². The Morgan fingerprint density at radius 3 is 2.67 bits per heavy atom. The van der Waals surface area contributed by atoms with Crippen LogP contribution >= 0.6 is 11.6 Å². The van der Waals surface area contributed by atoms with E-state index in [2.05, 4.69) is 5.32 Å². The summed E-state index contributed by atoms with van der Waals surface area (Å²) in [5.41, 5.74) is -0.349. The number of fused-ring (bicyclic) bond motifs is 2. The van der Waals surface area contributed by atoms with Crippen LogP contribution in [0.1, 0.15) is 11.1 Å². The first-order valence-corrected chi connectivity index (χ1v) is 10.5. The van der Waals surface area contributed by atoms with Gasteiger partial charge in [0.2, 0.25) is 5.43 Å². The van der Waals surface area contributed by atoms with Crippen molar-refractivity contribution in [1.29, 1.82) is 0 Å². The van der Waals surface area contributed by atoms with Crippen molar-refractivity contribution in [2.75, 3.05) is 12.4 Å². The molecule has 1 aliphatic rings. The molecule has 0 unspecified atom stereocenters. The number of aliphatic hydroxyl groups excluding tert-OH is 1. The molecule has 0 radical (unpaired) electrons. The molecule has 1 aromatic heterocycles. The summed E-state index contributed by atoms with van der Waals surface area (Å²) in [6.45, 7) is 1.72. The zero-order chi connectivity index (χ0) is 21.8.